The molecular weight excluding hydrogens is 342 g/mol. The Kier molecular flexibility index (Phi) is 6.23. The van der Waals surface area contributed by atoms with Gasteiger partial charge in [0, 0.05) is 37.8 Å². The van der Waals surface area contributed by atoms with Crippen molar-refractivity contribution in [3.8, 4) is 0 Å². The first-order valence-electron chi connectivity index (χ1n) is 9.55. The molecule has 1 aliphatic rings. The highest BCUT2D eigenvalue weighted by Gasteiger charge is 2.21. The number of nitrogens with zero attached hydrogens (tertiary/aromatic N) is 4. The van der Waals surface area contributed by atoms with Gasteiger partial charge in [-0.3, -0.25) is 14.6 Å². The molecule has 0 unspecified atom stereocenters. The van der Waals surface area contributed by atoms with E-state index in [1.54, 1.807) is 0 Å². The van der Waals surface area contributed by atoms with Crippen LogP contribution < -0.4 is 5.32 Å². The summed E-state index contributed by atoms with van der Waals surface area (Å²) in [5.41, 5.74) is 3.11. The fraction of sp³-hybridized carbons (Fsp3) is 0.550. The minimum Gasteiger partial charge on any atom is -0.424 e. The molecule has 1 saturated heterocycles. The molecule has 7 nitrogen and oxygen atoms in total. The highest BCUT2D eigenvalue weighted by atomic mass is 16.4. The molecule has 27 heavy (non-hydrogen) atoms. The van der Waals surface area contributed by atoms with Crippen molar-refractivity contribution < 1.29 is 9.21 Å². The summed E-state index contributed by atoms with van der Waals surface area (Å²) in [6, 6.07) is 6.04. The van der Waals surface area contributed by atoms with Crippen molar-refractivity contribution in [3.05, 3.63) is 41.1 Å². The summed E-state index contributed by atoms with van der Waals surface area (Å²) in [7, 11) is 0. The Balaban J connectivity index is 1.45. The van der Waals surface area contributed by atoms with E-state index in [1.807, 2.05) is 45.9 Å². The van der Waals surface area contributed by atoms with Gasteiger partial charge in [0.05, 0.1) is 13.1 Å². The first kappa shape index (κ1) is 19.5. The molecule has 2 heterocycles. The SMILES string of the molecule is Cc1cccc(C)c1NC(=O)CN1CCN(Cc2nnc(C(C)C)o2)CC1. The van der Waals surface area contributed by atoms with Crippen LogP contribution in [0.5, 0.6) is 0 Å². The standard InChI is InChI=1S/C20H29N5O2/c1-14(2)20-23-22-18(27-20)13-25-10-8-24(9-11-25)12-17(26)21-19-15(3)6-5-7-16(19)4/h5-7,14H,8-13H2,1-4H3,(H,21,26). The number of hydrogen-bond acceptors (Lipinski definition) is 6. The van der Waals surface area contributed by atoms with Crippen LogP contribution >= 0.6 is 0 Å². The van der Waals surface area contributed by atoms with Crippen molar-refractivity contribution in [2.75, 3.05) is 38.0 Å². The maximum atomic E-state index is 12.4. The molecule has 1 fully saturated rings. The number of carbonyl (C=O) groups excluding carboxylic acids is 1. The summed E-state index contributed by atoms with van der Waals surface area (Å²) in [6.45, 7) is 12.7. The predicted molar refractivity (Wildman–Crippen MR) is 105 cm³/mol. The monoisotopic (exact) mass is 371 g/mol. The van der Waals surface area contributed by atoms with Crippen molar-refractivity contribution in [2.45, 2.75) is 40.2 Å². The van der Waals surface area contributed by atoms with E-state index < -0.39 is 0 Å². The lowest BCUT2D eigenvalue weighted by Crippen LogP contribution is -2.48. The number of aryl methyl sites for hydroxylation is 2. The zero-order chi connectivity index (χ0) is 19.4. The first-order valence-corrected chi connectivity index (χ1v) is 9.55. The van der Waals surface area contributed by atoms with Crippen LogP contribution in [0, 0.1) is 13.8 Å². The summed E-state index contributed by atoms with van der Waals surface area (Å²) in [5.74, 6) is 1.64. The number of carbonyl (C=O) groups is 1. The molecule has 0 saturated carbocycles. The Morgan fingerprint density at radius 2 is 1.74 bits per heavy atom. The van der Waals surface area contributed by atoms with Crippen LogP contribution in [-0.4, -0.2) is 58.6 Å². The molecule has 3 rings (SSSR count). The molecule has 0 spiro atoms. The van der Waals surface area contributed by atoms with Gasteiger partial charge in [-0.2, -0.15) is 0 Å². The lowest BCUT2D eigenvalue weighted by molar-refractivity contribution is -0.117. The second-order valence-corrected chi connectivity index (χ2v) is 7.56. The van der Waals surface area contributed by atoms with Gasteiger partial charge in [0.2, 0.25) is 17.7 Å². The van der Waals surface area contributed by atoms with E-state index in [9.17, 15) is 4.79 Å². The van der Waals surface area contributed by atoms with E-state index >= 15 is 0 Å². The number of hydrogen-bond donors (Lipinski definition) is 1. The quantitative estimate of drug-likeness (QED) is 0.841. The molecule has 1 N–H and O–H groups in total. The van der Waals surface area contributed by atoms with Gasteiger partial charge in [-0.15, -0.1) is 10.2 Å². The van der Waals surface area contributed by atoms with Crippen LogP contribution in [0.25, 0.3) is 0 Å². The van der Waals surface area contributed by atoms with E-state index in [2.05, 4.69) is 25.3 Å². The van der Waals surface area contributed by atoms with Crippen molar-refractivity contribution in [3.63, 3.8) is 0 Å². The second kappa shape index (κ2) is 8.63. The number of rotatable bonds is 6. The van der Waals surface area contributed by atoms with E-state index in [0.717, 1.165) is 43.0 Å². The van der Waals surface area contributed by atoms with Crippen molar-refractivity contribution in [1.29, 1.82) is 0 Å². The number of nitrogens with one attached hydrogen (secondary N) is 1. The predicted octanol–water partition coefficient (Wildman–Crippen LogP) is 2.57. The molecular formula is C20H29N5O2. The maximum absolute atomic E-state index is 12.4. The molecule has 0 radical (unpaired) electrons. The Bertz CT molecular complexity index is 758. The van der Waals surface area contributed by atoms with Crippen LogP contribution in [0.4, 0.5) is 5.69 Å². The zero-order valence-electron chi connectivity index (χ0n) is 16.7. The van der Waals surface area contributed by atoms with Crippen LogP contribution in [0.1, 0.15) is 42.7 Å². The molecule has 7 heteroatoms. The van der Waals surface area contributed by atoms with Crippen molar-refractivity contribution in [1.82, 2.24) is 20.0 Å². The van der Waals surface area contributed by atoms with Gasteiger partial charge in [0.1, 0.15) is 0 Å². The van der Waals surface area contributed by atoms with Gasteiger partial charge < -0.3 is 9.73 Å². The topological polar surface area (TPSA) is 74.5 Å². The first-order chi connectivity index (χ1) is 12.9. The number of aromatic nitrogens is 2. The van der Waals surface area contributed by atoms with Crippen LogP contribution in [0.3, 0.4) is 0 Å². The normalized spacial score (nSPS) is 16.0. The molecule has 2 aromatic rings. The molecule has 0 bridgehead atoms. The van der Waals surface area contributed by atoms with Gasteiger partial charge in [-0.25, -0.2) is 0 Å². The highest BCUT2D eigenvalue weighted by molar-refractivity contribution is 5.93. The Morgan fingerprint density at radius 1 is 1.11 bits per heavy atom. The summed E-state index contributed by atoms with van der Waals surface area (Å²) in [6.07, 6.45) is 0. The molecule has 1 aliphatic heterocycles. The second-order valence-electron chi connectivity index (χ2n) is 7.56. The van der Waals surface area contributed by atoms with Gasteiger partial charge >= 0.3 is 0 Å². The molecule has 1 aromatic heterocycles. The number of piperazine rings is 1. The maximum Gasteiger partial charge on any atom is 0.238 e. The average Bonchev–Trinajstić information content (AvgIpc) is 3.09. The van der Waals surface area contributed by atoms with Crippen LogP contribution in [-0.2, 0) is 11.3 Å². The van der Waals surface area contributed by atoms with E-state index in [0.29, 0.717) is 24.9 Å². The van der Waals surface area contributed by atoms with Gasteiger partial charge in [-0.05, 0) is 25.0 Å². The highest BCUT2D eigenvalue weighted by Crippen LogP contribution is 2.19. The van der Waals surface area contributed by atoms with Gasteiger partial charge in [-0.1, -0.05) is 32.0 Å². The minimum atomic E-state index is 0.0410. The van der Waals surface area contributed by atoms with Gasteiger partial charge in [0.15, 0.2) is 0 Å². The largest absolute Gasteiger partial charge is 0.424 e. The summed E-state index contributed by atoms with van der Waals surface area (Å²) < 4.78 is 5.69. The zero-order valence-corrected chi connectivity index (χ0v) is 16.7. The number of anilines is 1. The smallest absolute Gasteiger partial charge is 0.238 e. The summed E-state index contributed by atoms with van der Waals surface area (Å²) in [5, 5.41) is 11.3. The Labute approximate surface area is 160 Å². The number of para-hydroxylation sites is 1. The molecule has 146 valence electrons. The summed E-state index contributed by atoms with van der Waals surface area (Å²) >= 11 is 0. The molecule has 1 amide bonds. The molecule has 0 atom stereocenters. The third-order valence-electron chi connectivity index (χ3n) is 4.91. The molecule has 1 aromatic carbocycles. The fourth-order valence-corrected chi connectivity index (χ4v) is 3.25. The van der Waals surface area contributed by atoms with Crippen molar-refractivity contribution in [2.24, 2.45) is 0 Å². The third kappa shape index (κ3) is 5.14. The lowest BCUT2D eigenvalue weighted by atomic mass is 10.1. The van der Waals surface area contributed by atoms with E-state index in [1.165, 1.54) is 0 Å². The van der Waals surface area contributed by atoms with E-state index in [-0.39, 0.29) is 11.8 Å². The lowest BCUT2D eigenvalue weighted by Gasteiger charge is -2.33. The molecule has 0 aliphatic carbocycles. The van der Waals surface area contributed by atoms with Gasteiger partial charge in [0.25, 0.3) is 0 Å². The minimum absolute atomic E-state index is 0.0410. The third-order valence-corrected chi connectivity index (χ3v) is 4.91. The fourth-order valence-electron chi connectivity index (χ4n) is 3.25. The number of amides is 1. The van der Waals surface area contributed by atoms with Crippen molar-refractivity contribution >= 4 is 11.6 Å². The Hall–Kier alpha value is -2.25. The Morgan fingerprint density at radius 3 is 2.33 bits per heavy atom. The van der Waals surface area contributed by atoms with E-state index in [4.69, 9.17) is 4.42 Å². The average molecular weight is 371 g/mol. The summed E-state index contributed by atoms with van der Waals surface area (Å²) in [4.78, 5) is 16.9. The number of benzene rings is 1. The van der Waals surface area contributed by atoms with Crippen LogP contribution in [0.2, 0.25) is 0 Å². The van der Waals surface area contributed by atoms with Crippen LogP contribution in [0.15, 0.2) is 22.6 Å².